The highest BCUT2D eigenvalue weighted by molar-refractivity contribution is 7.47. The Kier molecular flexibility index (Phi) is 30.7. The summed E-state index contributed by atoms with van der Waals surface area (Å²) in [4.78, 5) is 35.5. The van der Waals surface area contributed by atoms with Crippen molar-refractivity contribution < 1.29 is 63.1 Å². The molecule has 1 aliphatic rings. The summed E-state index contributed by atoms with van der Waals surface area (Å²) in [6.45, 7) is 3.21. The first-order valence-corrected chi connectivity index (χ1v) is 22.8. The molecule has 0 aromatic rings. The maximum Gasteiger partial charge on any atom is 0.472 e. The predicted molar refractivity (Wildman–Crippen MR) is 216 cm³/mol. The van der Waals surface area contributed by atoms with Gasteiger partial charge in [-0.05, 0) is 51.4 Å². The van der Waals surface area contributed by atoms with Crippen LogP contribution >= 0.6 is 7.82 Å². The molecule has 0 bridgehead atoms. The van der Waals surface area contributed by atoms with Gasteiger partial charge in [-0.2, -0.15) is 0 Å². The van der Waals surface area contributed by atoms with E-state index in [4.69, 9.17) is 18.5 Å². The van der Waals surface area contributed by atoms with Crippen LogP contribution < -0.4 is 0 Å². The second-order valence-corrected chi connectivity index (χ2v) is 16.3. The van der Waals surface area contributed by atoms with Crippen molar-refractivity contribution in [3.8, 4) is 0 Å². The molecular formula is C42H75O13P. The Bertz CT molecular complexity index is 1130. The van der Waals surface area contributed by atoms with Crippen molar-refractivity contribution in [3.05, 3.63) is 36.5 Å². The summed E-state index contributed by atoms with van der Waals surface area (Å²) < 4.78 is 33.4. The number of rotatable bonds is 34. The van der Waals surface area contributed by atoms with Crippen LogP contribution in [0.3, 0.4) is 0 Å². The minimum atomic E-state index is -5.12. The number of allylic oxidation sites excluding steroid dienone is 6. The highest BCUT2D eigenvalue weighted by atomic mass is 31.2. The van der Waals surface area contributed by atoms with Crippen LogP contribution in [0.5, 0.6) is 0 Å². The summed E-state index contributed by atoms with van der Waals surface area (Å²) in [6.07, 6.45) is 22.1. The summed E-state index contributed by atoms with van der Waals surface area (Å²) in [5, 5.41) is 50.0. The van der Waals surface area contributed by atoms with Crippen molar-refractivity contribution in [2.75, 3.05) is 13.2 Å². The number of aliphatic hydroxyl groups excluding tert-OH is 5. The molecule has 0 aromatic carbocycles. The molecule has 6 unspecified atom stereocenters. The number of phosphoric ester groups is 1. The molecule has 0 aliphatic heterocycles. The molecule has 1 fully saturated rings. The van der Waals surface area contributed by atoms with Gasteiger partial charge < -0.3 is 39.9 Å². The number of carbonyl (C=O) groups is 2. The van der Waals surface area contributed by atoms with Crippen LogP contribution in [0.2, 0.25) is 0 Å². The molecule has 0 aromatic heterocycles. The quantitative estimate of drug-likeness (QED) is 0.0162. The Morgan fingerprint density at radius 1 is 0.554 bits per heavy atom. The fourth-order valence-electron chi connectivity index (χ4n) is 6.23. The van der Waals surface area contributed by atoms with E-state index in [1.54, 1.807) is 0 Å². The Morgan fingerprint density at radius 3 is 1.50 bits per heavy atom. The fraction of sp³-hybridized carbons (Fsp3) is 0.810. The fourth-order valence-corrected chi connectivity index (χ4v) is 7.21. The monoisotopic (exact) mass is 818 g/mol. The summed E-state index contributed by atoms with van der Waals surface area (Å²) in [5.74, 6) is -1.14. The number of esters is 2. The molecule has 0 heterocycles. The number of hydrogen-bond donors (Lipinski definition) is 6. The summed E-state index contributed by atoms with van der Waals surface area (Å²) >= 11 is 0. The van der Waals surface area contributed by atoms with Crippen LogP contribution in [0.25, 0.3) is 0 Å². The molecule has 0 saturated heterocycles. The molecule has 326 valence electrons. The van der Waals surface area contributed by atoms with Crippen LogP contribution in [0, 0.1) is 0 Å². The summed E-state index contributed by atoms with van der Waals surface area (Å²) in [7, 11) is -5.12. The van der Waals surface area contributed by atoms with Crippen molar-refractivity contribution in [2.45, 2.75) is 204 Å². The second-order valence-electron chi connectivity index (χ2n) is 14.8. The Hall–Kier alpha value is -1.93. The van der Waals surface area contributed by atoms with Gasteiger partial charge in [0.05, 0.1) is 6.61 Å². The highest BCUT2D eigenvalue weighted by Crippen LogP contribution is 2.47. The van der Waals surface area contributed by atoms with Crippen molar-refractivity contribution >= 4 is 19.8 Å². The highest BCUT2D eigenvalue weighted by Gasteiger charge is 2.51. The zero-order chi connectivity index (χ0) is 41.4. The minimum Gasteiger partial charge on any atom is -0.462 e. The molecule has 8 atom stereocenters. The molecule has 14 heteroatoms. The van der Waals surface area contributed by atoms with Crippen LogP contribution in [-0.2, 0) is 32.7 Å². The summed E-state index contributed by atoms with van der Waals surface area (Å²) in [6, 6.07) is 0. The van der Waals surface area contributed by atoms with Crippen molar-refractivity contribution in [2.24, 2.45) is 0 Å². The van der Waals surface area contributed by atoms with Crippen molar-refractivity contribution in [3.63, 3.8) is 0 Å². The van der Waals surface area contributed by atoms with Crippen LogP contribution in [0.1, 0.15) is 162 Å². The lowest BCUT2D eigenvalue weighted by molar-refractivity contribution is -0.220. The first kappa shape index (κ1) is 52.1. The lowest BCUT2D eigenvalue weighted by atomic mass is 9.85. The third kappa shape index (κ3) is 25.4. The van der Waals surface area contributed by atoms with Gasteiger partial charge in [-0.25, -0.2) is 4.57 Å². The number of phosphoric acid groups is 1. The van der Waals surface area contributed by atoms with E-state index in [1.807, 2.05) is 0 Å². The third-order valence-corrected chi connectivity index (χ3v) is 10.7. The predicted octanol–water partition coefficient (Wildman–Crippen LogP) is 7.44. The van der Waals surface area contributed by atoms with Gasteiger partial charge in [0, 0.05) is 12.8 Å². The lowest BCUT2D eigenvalue weighted by Gasteiger charge is -2.41. The smallest absolute Gasteiger partial charge is 0.462 e. The molecular weight excluding hydrogens is 743 g/mol. The molecule has 1 aliphatic carbocycles. The van der Waals surface area contributed by atoms with E-state index in [0.29, 0.717) is 12.8 Å². The van der Waals surface area contributed by atoms with Gasteiger partial charge in [0.1, 0.15) is 43.2 Å². The zero-order valence-electron chi connectivity index (χ0n) is 34.2. The molecule has 1 saturated carbocycles. The molecule has 6 N–H and O–H groups in total. The van der Waals surface area contributed by atoms with E-state index in [2.05, 4.69) is 50.3 Å². The molecule has 13 nitrogen and oxygen atoms in total. The topological polar surface area (TPSA) is 210 Å². The Balaban J connectivity index is 2.53. The number of carbonyl (C=O) groups excluding carboxylic acids is 2. The third-order valence-electron chi connectivity index (χ3n) is 9.73. The second kappa shape index (κ2) is 33.0. The first-order valence-electron chi connectivity index (χ1n) is 21.3. The van der Waals surface area contributed by atoms with Gasteiger partial charge in [-0.15, -0.1) is 0 Å². The van der Waals surface area contributed by atoms with E-state index in [9.17, 15) is 44.6 Å². The van der Waals surface area contributed by atoms with Gasteiger partial charge >= 0.3 is 19.8 Å². The molecule has 0 amide bonds. The van der Waals surface area contributed by atoms with Gasteiger partial charge in [0.15, 0.2) is 6.10 Å². The van der Waals surface area contributed by atoms with Crippen LogP contribution in [0.4, 0.5) is 0 Å². The van der Waals surface area contributed by atoms with Gasteiger partial charge in [-0.3, -0.25) is 18.6 Å². The Morgan fingerprint density at radius 2 is 0.964 bits per heavy atom. The summed E-state index contributed by atoms with van der Waals surface area (Å²) in [5.41, 5.74) is 0. The number of aliphatic hydroxyl groups is 5. The maximum absolute atomic E-state index is 12.8. The van der Waals surface area contributed by atoms with E-state index < -0.39 is 75.7 Å². The Labute approximate surface area is 336 Å². The van der Waals surface area contributed by atoms with Gasteiger partial charge in [-0.1, -0.05) is 134 Å². The van der Waals surface area contributed by atoms with E-state index in [0.717, 1.165) is 57.8 Å². The average molecular weight is 819 g/mol. The van der Waals surface area contributed by atoms with Crippen LogP contribution in [0.15, 0.2) is 36.5 Å². The molecule has 0 spiro atoms. The average Bonchev–Trinajstić information content (AvgIpc) is 3.18. The minimum absolute atomic E-state index is 0.0905. The standard InChI is InChI=1S/C42H75O13P/c1-3-5-7-9-11-13-15-17-18-19-21-22-24-26-28-30-35(43)52-32-34(54-36(44)31-29-27-25-23-20-16-14-12-10-8-6-4-2)33-53-56(50,51)55-42-40(48)38(46)37(45)39(47)41(42)49/h11,13,17-18,21-22,34,37-42,45-49H,3-10,12,14-16,19-20,23-33H2,1-2H3,(H,50,51)/b13-11+,18-17+,22-21+/t34-,37?,38-,39?,40?,41?,42?/m0/s1. The van der Waals surface area contributed by atoms with E-state index >= 15 is 0 Å². The number of unbranched alkanes of at least 4 members (excludes halogenated alkanes) is 16. The number of hydrogen-bond acceptors (Lipinski definition) is 12. The molecule has 56 heavy (non-hydrogen) atoms. The van der Waals surface area contributed by atoms with Crippen LogP contribution in [-0.4, -0.2) is 98.3 Å². The first-order chi connectivity index (χ1) is 26.9. The van der Waals surface area contributed by atoms with Gasteiger partial charge in [0.2, 0.25) is 0 Å². The molecule has 1 rings (SSSR count). The number of ether oxygens (including phenoxy) is 2. The molecule has 0 radical (unpaired) electrons. The maximum atomic E-state index is 12.8. The van der Waals surface area contributed by atoms with Crippen molar-refractivity contribution in [1.29, 1.82) is 0 Å². The van der Waals surface area contributed by atoms with Crippen molar-refractivity contribution in [1.82, 2.24) is 0 Å². The largest absolute Gasteiger partial charge is 0.472 e. The normalized spacial score (nSPS) is 23.2. The van der Waals surface area contributed by atoms with E-state index in [1.165, 1.54) is 64.2 Å². The van der Waals surface area contributed by atoms with E-state index in [-0.39, 0.29) is 12.8 Å². The SMILES string of the molecule is CCCCC/C=C/C/C=C/C/C=C/CCCCC(=O)OC[C@@H](COP(=O)(O)OC1C(O)C(O)C(O)[C@H](O)C1O)OC(=O)CCCCCCCCCCCCCC. The van der Waals surface area contributed by atoms with Gasteiger partial charge in [0.25, 0.3) is 0 Å². The lowest BCUT2D eigenvalue weighted by Crippen LogP contribution is -2.64. The zero-order valence-corrected chi connectivity index (χ0v) is 35.1.